The minimum atomic E-state index is -0.960. The third-order valence-corrected chi connectivity index (χ3v) is 10.5. The van der Waals surface area contributed by atoms with Gasteiger partial charge in [-0.15, -0.1) is 0 Å². The van der Waals surface area contributed by atoms with E-state index in [1.54, 1.807) is 29.2 Å². The lowest BCUT2D eigenvalue weighted by molar-refractivity contribution is -0.246. The van der Waals surface area contributed by atoms with Crippen LogP contribution in [0.5, 0.6) is 5.75 Å². The number of carbonyl (C=O) groups is 4. The molecule has 2 saturated heterocycles. The first-order chi connectivity index (χ1) is 26.1. The van der Waals surface area contributed by atoms with Crippen molar-refractivity contribution in [1.29, 1.82) is 0 Å². The highest BCUT2D eigenvalue weighted by Crippen LogP contribution is 2.36. The van der Waals surface area contributed by atoms with E-state index in [2.05, 4.69) is 29.8 Å². The monoisotopic (exact) mass is 775 g/mol. The van der Waals surface area contributed by atoms with Crippen LogP contribution in [0.3, 0.4) is 0 Å². The van der Waals surface area contributed by atoms with Crippen molar-refractivity contribution in [3.05, 3.63) is 77.9 Å². The largest absolute Gasteiger partial charge is 0.508 e. The quantitative estimate of drug-likeness (QED) is 0.140. The highest BCUT2D eigenvalue weighted by molar-refractivity contribution is 5.93. The summed E-state index contributed by atoms with van der Waals surface area (Å²) in [6, 6.07) is 13.8. The number of alkyl carbamates (subject to hydrolysis) is 1. The zero-order valence-electron chi connectivity index (χ0n) is 34.8. The minimum absolute atomic E-state index is 0.0920. The van der Waals surface area contributed by atoms with Crippen LogP contribution in [0.4, 0.5) is 4.79 Å². The van der Waals surface area contributed by atoms with Crippen molar-refractivity contribution in [3.63, 3.8) is 0 Å². The molecule has 5 N–H and O–H groups in total. The van der Waals surface area contributed by atoms with Gasteiger partial charge in [0.1, 0.15) is 23.4 Å². The number of rotatable bonds is 14. The first kappa shape index (κ1) is 44.3. The van der Waals surface area contributed by atoms with Gasteiger partial charge in [0.25, 0.3) is 0 Å². The van der Waals surface area contributed by atoms with Crippen molar-refractivity contribution in [2.45, 2.75) is 148 Å². The number of ether oxygens (including phenoxy) is 1. The highest BCUT2D eigenvalue weighted by Gasteiger charge is 2.46. The molecule has 4 atom stereocenters. The maximum atomic E-state index is 14.5. The lowest BCUT2D eigenvalue weighted by atomic mass is 9.79. The van der Waals surface area contributed by atoms with Crippen molar-refractivity contribution >= 4 is 23.8 Å². The van der Waals surface area contributed by atoms with Crippen LogP contribution >= 0.6 is 0 Å². The van der Waals surface area contributed by atoms with E-state index >= 15 is 0 Å². The molecule has 56 heavy (non-hydrogen) atoms. The Morgan fingerprint density at radius 3 is 2.09 bits per heavy atom. The number of amides is 4. The molecule has 0 saturated carbocycles. The number of aromatic hydroxyl groups is 1. The number of hydrogen-bond acceptors (Lipinski definition) is 8. The smallest absolute Gasteiger partial charge is 0.408 e. The molecule has 2 aliphatic rings. The van der Waals surface area contributed by atoms with E-state index in [1.807, 2.05) is 91.0 Å². The molecule has 2 aromatic carbocycles. The number of carbonyl (C=O) groups excluding carboxylic acids is 4. The highest BCUT2D eigenvalue weighted by atomic mass is 16.6. The molecule has 12 nitrogen and oxygen atoms in total. The van der Waals surface area contributed by atoms with Gasteiger partial charge in [0.05, 0.1) is 12.0 Å². The molecule has 308 valence electrons. The van der Waals surface area contributed by atoms with Crippen LogP contribution in [-0.2, 0) is 32.0 Å². The standard InChI is InChI=1S/C44H65N5O7/c1-29(2)24-33(46-41(54)56-42(3,4)5)20-19-32(25-30-14-11-10-12-15-30)40(53)48-23-13-16-37(48)39(52)47-36(26-31-17-21-35(50)22-18-31)38(51)45-34-27-43(6,7)49(55)44(8,9)28-34/h10-12,14-15,17-22,29,32-34,36-37,50,55H,13,16,23-28H2,1-9H3,(H,45,51)(H,46,54)(H,47,52)/b20-19+/t32?,33?,36?,37-/m0/s1. The molecule has 4 rings (SSSR count). The van der Waals surface area contributed by atoms with Crippen molar-refractivity contribution < 1.29 is 34.2 Å². The number of piperidine rings is 1. The van der Waals surface area contributed by atoms with Crippen LogP contribution in [-0.4, -0.2) is 91.5 Å². The summed E-state index contributed by atoms with van der Waals surface area (Å²) in [6.45, 7) is 17.6. The molecular weight excluding hydrogens is 711 g/mol. The zero-order chi connectivity index (χ0) is 41.4. The molecule has 2 fully saturated rings. The Morgan fingerprint density at radius 1 is 0.893 bits per heavy atom. The van der Waals surface area contributed by atoms with Gasteiger partial charge < -0.3 is 35.9 Å². The maximum absolute atomic E-state index is 14.5. The van der Waals surface area contributed by atoms with Crippen LogP contribution in [0.2, 0.25) is 0 Å². The van der Waals surface area contributed by atoms with Gasteiger partial charge in [-0.05, 0) is 116 Å². The summed E-state index contributed by atoms with van der Waals surface area (Å²) in [5.74, 6) is -1.25. The molecule has 0 aromatic heterocycles. The Hall–Kier alpha value is -4.42. The lowest BCUT2D eigenvalue weighted by Gasteiger charge is -2.51. The van der Waals surface area contributed by atoms with Gasteiger partial charge in [-0.1, -0.05) is 68.5 Å². The van der Waals surface area contributed by atoms with Crippen LogP contribution in [0.1, 0.15) is 106 Å². The van der Waals surface area contributed by atoms with Crippen molar-refractivity contribution in [1.82, 2.24) is 25.9 Å². The van der Waals surface area contributed by atoms with Crippen molar-refractivity contribution in [2.75, 3.05) is 6.54 Å². The molecule has 3 unspecified atom stereocenters. The fourth-order valence-electron chi connectivity index (χ4n) is 8.06. The van der Waals surface area contributed by atoms with E-state index in [1.165, 1.54) is 5.06 Å². The van der Waals surface area contributed by atoms with Gasteiger partial charge in [-0.3, -0.25) is 14.4 Å². The van der Waals surface area contributed by atoms with Gasteiger partial charge in [0.15, 0.2) is 0 Å². The average Bonchev–Trinajstić information content (AvgIpc) is 3.59. The van der Waals surface area contributed by atoms with E-state index in [-0.39, 0.29) is 42.0 Å². The van der Waals surface area contributed by atoms with Crippen LogP contribution < -0.4 is 16.0 Å². The predicted octanol–water partition coefficient (Wildman–Crippen LogP) is 6.29. The molecular formula is C44H65N5O7. The molecule has 12 heteroatoms. The number of nitrogens with zero attached hydrogens (tertiary/aromatic N) is 2. The summed E-state index contributed by atoms with van der Waals surface area (Å²) in [7, 11) is 0. The van der Waals surface area contributed by atoms with Gasteiger partial charge >= 0.3 is 6.09 Å². The SMILES string of the molecule is CC(C)CC(/C=C/C(Cc1ccccc1)C(=O)N1CCC[C@H]1C(=O)NC(Cc1ccc(O)cc1)C(=O)NC1CC(C)(C)N(O)C(C)(C)C1)NC(=O)OC(C)(C)C. The van der Waals surface area contributed by atoms with E-state index in [0.29, 0.717) is 45.1 Å². The Balaban J connectivity index is 1.57. The molecule has 2 aliphatic heterocycles. The van der Waals surface area contributed by atoms with Gasteiger partial charge in [-0.25, -0.2) is 4.79 Å². The van der Waals surface area contributed by atoms with Gasteiger partial charge in [-0.2, -0.15) is 5.06 Å². The fraction of sp³-hybridized carbons (Fsp3) is 0.591. The normalized spacial score (nSPS) is 20.3. The lowest BCUT2D eigenvalue weighted by Crippen LogP contribution is -2.64. The molecule has 0 aliphatic carbocycles. The summed E-state index contributed by atoms with van der Waals surface area (Å²) >= 11 is 0. The molecule has 0 spiro atoms. The number of nitrogens with one attached hydrogen (secondary N) is 3. The van der Waals surface area contributed by atoms with Crippen LogP contribution in [0.25, 0.3) is 0 Å². The van der Waals surface area contributed by atoms with Crippen molar-refractivity contribution in [3.8, 4) is 5.75 Å². The average molecular weight is 776 g/mol. The zero-order valence-corrected chi connectivity index (χ0v) is 34.8. The molecule has 2 aromatic rings. The summed E-state index contributed by atoms with van der Waals surface area (Å²) in [5.41, 5.74) is -0.141. The summed E-state index contributed by atoms with van der Waals surface area (Å²) in [6.07, 6.45) is 6.45. The number of hydrogen-bond donors (Lipinski definition) is 5. The third-order valence-electron chi connectivity index (χ3n) is 10.5. The fourth-order valence-corrected chi connectivity index (χ4v) is 8.06. The number of phenolic OH excluding ortho intramolecular Hbond substituents is 1. The maximum Gasteiger partial charge on any atom is 0.408 e. The number of phenols is 1. The molecule has 0 bridgehead atoms. The molecule has 0 radical (unpaired) electrons. The summed E-state index contributed by atoms with van der Waals surface area (Å²) < 4.78 is 5.52. The van der Waals surface area contributed by atoms with Crippen LogP contribution in [0, 0.1) is 11.8 Å². The van der Waals surface area contributed by atoms with Crippen molar-refractivity contribution in [2.24, 2.45) is 11.8 Å². The van der Waals surface area contributed by atoms with E-state index in [9.17, 15) is 29.5 Å². The van der Waals surface area contributed by atoms with E-state index in [0.717, 1.165) is 11.1 Å². The van der Waals surface area contributed by atoms with E-state index < -0.39 is 46.7 Å². The number of benzene rings is 2. The third kappa shape index (κ3) is 12.8. The second kappa shape index (κ2) is 18.7. The second-order valence-corrected chi connectivity index (χ2v) is 18.2. The van der Waals surface area contributed by atoms with Crippen LogP contribution in [0.15, 0.2) is 66.7 Å². The number of hydroxylamine groups is 2. The summed E-state index contributed by atoms with van der Waals surface area (Å²) in [4.78, 5) is 57.2. The second-order valence-electron chi connectivity index (χ2n) is 18.2. The molecule has 4 amide bonds. The Labute approximate surface area is 333 Å². The van der Waals surface area contributed by atoms with E-state index in [4.69, 9.17) is 4.74 Å². The Morgan fingerprint density at radius 2 is 1.50 bits per heavy atom. The number of likely N-dealkylation sites (tertiary alicyclic amines) is 1. The van der Waals surface area contributed by atoms with Gasteiger partial charge in [0.2, 0.25) is 17.7 Å². The predicted molar refractivity (Wildman–Crippen MR) is 217 cm³/mol. The first-order valence-corrected chi connectivity index (χ1v) is 20.0. The summed E-state index contributed by atoms with van der Waals surface area (Å²) in [5, 5.41) is 31.2. The Kier molecular flexibility index (Phi) is 14.8. The Bertz CT molecular complexity index is 1650. The first-order valence-electron chi connectivity index (χ1n) is 20.0. The molecule has 2 heterocycles. The van der Waals surface area contributed by atoms with Gasteiger partial charge in [0, 0.05) is 30.1 Å². The minimum Gasteiger partial charge on any atom is -0.508 e. The topological polar surface area (TPSA) is 161 Å².